The van der Waals surface area contributed by atoms with Gasteiger partial charge < -0.3 is 4.57 Å². The Kier molecular flexibility index (Phi) is 4.25. The lowest BCUT2D eigenvalue weighted by Crippen LogP contribution is -2.10. The Morgan fingerprint density at radius 2 is 1.94 bits per heavy atom. The van der Waals surface area contributed by atoms with Gasteiger partial charge in [-0.25, -0.2) is 0 Å². The molecule has 0 bridgehead atoms. The van der Waals surface area contributed by atoms with E-state index in [-0.39, 0.29) is 0 Å². The van der Waals surface area contributed by atoms with Gasteiger partial charge in [-0.05, 0) is 31.5 Å². The molecular weight excluding hydrogens is 269 g/mol. The van der Waals surface area contributed by atoms with Crippen molar-refractivity contribution in [3.05, 3.63) is 46.5 Å². The molecule has 0 atom stereocenters. The van der Waals surface area contributed by atoms with E-state index < -0.39 is 0 Å². The summed E-state index contributed by atoms with van der Waals surface area (Å²) in [6.07, 6.45) is 0.711. The summed E-state index contributed by atoms with van der Waals surface area (Å²) < 4.78 is 2.08. The molecule has 2 aromatic rings. The van der Waals surface area contributed by atoms with E-state index in [4.69, 9.17) is 23.2 Å². The third-order valence-electron chi connectivity index (χ3n) is 2.72. The van der Waals surface area contributed by atoms with Crippen molar-refractivity contribution < 1.29 is 0 Å². The third-order valence-corrected chi connectivity index (χ3v) is 3.20. The van der Waals surface area contributed by atoms with Crippen molar-refractivity contribution in [1.82, 2.24) is 14.8 Å². The van der Waals surface area contributed by atoms with Crippen LogP contribution in [0, 0.1) is 0 Å². The smallest absolute Gasteiger partial charge is 0.148 e. The standard InChI is InChI=1S/C13H15Cl2N3/c1-9(2)18-12(16-17-13(18)8-14)7-10-4-3-5-11(15)6-10/h3-6,9H,7-8H2,1-2H3. The van der Waals surface area contributed by atoms with Crippen LogP contribution in [0.1, 0.15) is 37.1 Å². The molecule has 0 aliphatic heterocycles. The minimum atomic E-state index is 0.294. The number of rotatable bonds is 4. The molecule has 0 aliphatic carbocycles. The maximum Gasteiger partial charge on any atom is 0.148 e. The van der Waals surface area contributed by atoms with Crippen molar-refractivity contribution in [2.75, 3.05) is 0 Å². The molecule has 0 radical (unpaired) electrons. The molecule has 1 aromatic carbocycles. The Morgan fingerprint density at radius 1 is 1.22 bits per heavy atom. The van der Waals surface area contributed by atoms with Crippen LogP contribution in [0.15, 0.2) is 24.3 Å². The monoisotopic (exact) mass is 283 g/mol. The molecule has 96 valence electrons. The van der Waals surface area contributed by atoms with Gasteiger partial charge in [0.15, 0.2) is 0 Å². The minimum absolute atomic E-state index is 0.294. The van der Waals surface area contributed by atoms with Gasteiger partial charge in [-0.3, -0.25) is 0 Å². The van der Waals surface area contributed by atoms with Crippen LogP contribution in [0.25, 0.3) is 0 Å². The number of alkyl halides is 1. The summed E-state index contributed by atoms with van der Waals surface area (Å²) in [5, 5.41) is 9.08. The van der Waals surface area contributed by atoms with Crippen LogP contribution in [-0.2, 0) is 12.3 Å². The number of halogens is 2. The highest BCUT2D eigenvalue weighted by Gasteiger charge is 2.14. The molecule has 0 aliphatic rings. The lowest BCUT2D eigenvalue weighted by atomic mass is 10.1. The summed E-state index contributed by atoms with van der Waals surface area (Å²) in [5.74, 6) is 2.10. The number of hydrogen-bond acceptors (Lipinski definition) is 2. The van der Waals surface area contributed by atoms with Crippen LogP contribution in [0.2, 0.25) is 5.02 Å². The second-order valence-electron chi connectivity index (χ2n) is 4.44. The Bertz CT molecular complexity index is 535. The average molecular weight is 284 g/mol. The average Bonchev–Trinajstić information content (AvgIpc) is 2.72. The lowest BCUT2D eigenvalue weighted by molar-refractivity contribution is 0.557. The second-order valence-corrected chi connectivity index (χ2v) is 5.14. The van der Waals surface area contributed by atoms with E-state index in [9.17, 15) is 0 Å². The Morgan fingerprint density at radius 3 is 2.56 bits per heavy atom. The lowest BCUT2D eigenvalue weighted by Gasteiger charge is -2.13. The van der Waals surface area contributed by atoms with Crippen molar-refractivity contribution in [3.8, 4) is 0 Å². The number of hydrogen-bond donors (Lipinski definition) is 0. The zero-order valence-electron chi connectivity index (χ0n) is 10.4. The third kappa shape index (κ3) is 2.85. The van der Waals surface area contributed by atoms with Crippen LogP contribution in [-0.4, -0.2) is 14.8 Å². The topological polar surface area (TPSA) is 30.7 Å². The van der Waals surface area contributed by atoms with E-state index in [1.54, 1.807) is 0 Å². The molecule has 0 saturated carbocycles. The van der Waals surface area contributed by atoms with E-state index in [0.29, 0.717) is 18.3 Å². The predicted molar refractivity (Wildman–Crippen MR) is 74.2 cm³/mol. The summed E-state index contributed by atoms with van der Waals surface area (Å²) in [5.41, 5.74) is 1.12. The fourth-order valence-electron chi connectivity index (χ4n) is 2.00. The SMILES string of the molecule is CC(C)n1c(CCl)nnc1Cc1cccc(Cl)c1. The van der Waals surface area contributed by atoms with Crippen LogP contribution < -0.4 is 0 Å². The van der Waals surface area contributed by atoms with Crippen molar-refractivity contribution >= 4 is 23.2 Å². The van der Waals surface area contributed by atoms with Gasteiger partial charge >= 0.3 is 0 Å². The maximum atomic E-state index is 5.98. The largest absolute Gasteiger partial charge is 0.311 e. The quantitative estimate of drug-likeness (QED) is 0.798. The Balaban J connectivity index is 2.32. The van der Waals surface area contributed by atoms with Crippen molar-refractivity contribution in [1.29, 1.82) is 0 Å². The summed E-state index contributed by atoms with van der Waals surface area (Å²) in [4.78, 5) is 0. The molecule has 5 heteroatoms. The first kappa shape index (κ1) is 13.4. The molecule has 18 heavy (non-hydrogen) atoms. The molecule has 0 N–H and O–H groups in total. The highest BCUT2D eigenvalue weighted by molar-refractivity contribution is 6.30. The van der Waals surface area contributed by atoms with Gasteiger partial charge in [0.05, 0.1) is 5.88 Å². The summed E-state index contributed by atoms with van der Waals surface area (Å²) in [6.45, 7) is 4.20. The molecule has 0 unspecified atom stereocenters. The summed E-state index contributed by atoms with van der Waals surface area (Å²) in [6, 6.07) is 8.08. The first-order chi connectivity index (χ1) is 8.61. The van der Waals surface area contributed by atoms with E-state index >= 15 is 0 Å². The van der Waals surface area contributed by atoms with Gasteiger partial charge in [-0.15, -0.1) is 21.8 Å². The Labute approximate surface area is 117 Å². The van der Waals surface area contributed by atoms with E-state index in [2.05, 4.69) is 28.6 Å². The predicted octanol–water partition coefficient (Wildman–Crippen LogP) is 3.84. The molecule has 0 amide bonds. The zero-order valence-corrected chi connectivity index (χ0v) is 11.9. The van der Waals surface area contributed by atoms with E-state index in [1.165, 1.54) is 0 Å². The minimum Gasteiger partial charge on any atom is -0.311 e. The zero-order chi connectivity index (χ0) is 13.1. The number of benzene rings is 1. The van der Waals surface area contributed by atoms with Crippen LogP contribution >= 0.6 is 23.2 Å². The highest BCUT2D eigenvalue weighted by atomic mass is 35.5. The summed E-state index contributed by atoms with van der Waals surface area (Å²) in [7, 11) is 0. The van der Waals surface area contributed by atoms with Gasteiger partial charge in [0.1, 0.15) is 11.6 Å². The van der Waals surface area contributed by atoms with Gasteiger partial charge in [-0.2, -0.15) is 0 Å². The maximum absolute atomic E-state index is 5.98. The fraction of sp³-hybridized carbons (Fsp3) is 0.385. The first-order valence-corrected chi connectivity index (χ1v) is 6.76. The molecule has 0 fully saturated rings. The van der Waals surface area contributed by atoms with Crippen LogP contribution in [0.4, 0.5) is 0 Å². The summed E-state index contributed by atoms with van der Waals surface area (Å²) >= 11 is 11.9. The number of aromatic nitrogens is 3. The second kappa shape index (κ2) is 5.72. The Hall–Kier alpha value is -1.06. The van der Waals surface area contributed by atoms with Crippen molar-refractivity contribution in [3.63, 3.8) is 0 Å². The van der Waals surface area contributed by atoms with E-state index in [0.717, 1.165) is 22.2 Å². The molecule has 0 spiro atoms. The molecular formula is C13H15Cl2N3. The van der Waals surface area contributed by atoms with Crippen LogP contribution in [0.5, 0.6) is 0 Å². The molecule has 0 saturated heterocycles. The van der Waals surface area contributed by atoms with Gasteiger partial charge in [-0.1, -0.05) is 23.7 Å². The number of nitrogens with zero attached hydrogens (tertiary/aromatic N) is 3. The van der Waals surface area contributed by atoms with Crippen molar-refractivity contribution in [2.24, 2.45) is 0 Å². The molecule has 1 aromatic heterocycles. The van der Waals surface area contributed by atoms with Crippen molar-refractivity contribution in [2.45, 2.75) is 32.2 Å². The normalized spacial score (nSPS) is 11.2. The van der Waals surface area contributed by atoms with Crippen LogP contribution in [0.3, 0.4) is 0 Å². The van der Waals surface area contributed by atoms with Gasteiger partial charge in [0.2, 0.25) is 0 Å². The first-order valence-electron chi connectivity index (χ1n) is 5.85. The highest BCUT2D eigenvalue weighted by Crippen LogP contribution is 2.18. The molecule has 3 nitrogen and oxygen atoms in total. The van der Waals surface area contributed by atoms with Gasteiger partial charge in [0.25, 0.3) is 0 Å². The van der Waals surface area contributed by atoms with E-state index in [1.807, 2.05) is 24.3 Å². The van der Waals surface area contributed by atoms with Gasteiger partial charge in [0, 0.05) is 17.5 Å². The molecule has 1 heterocycles. The molecule has 2 rings (SSSR count). The fourth-order valence-corrected chi connectivity index (χ4v) is 2.39.